The van der Waals surface area contributed by atoms with E-state index in [-0.39, 0.29) is 0 Å². The van der Waals surface area contributed by atoms with Gasteiger partial charge in [0.2, 0.25) is 0 Å². The smallest absolute Gasteiger partial charge is 0.124 e. The van der Waals surface area contributed by atoms with Gasteiger partial charge in [-0.15, -0.1) is 0 Å². The highest BCUT2D eigenvalue weighted by Crippen LogP contribution is 2.35. The molecule has 0 aliphatic carbocycles. The van der Waals surface area contributed by atoms with Crippen molar-refractivity contribution in [1.29, 1.82) is 0 Å². The summed E-state index contributed by atoms with van der Waals surface area (Å²) in [4.78, 5) is 2.55. The van der Waals surface area contributed by atoms with Crippen molar-refractivity contribution in [3.63, 3.8) is 0 Å². The summed E-state index contributed by atoms with van der Waals surface area (Å²) in [7, 11) is 0. The van der Waals surface area contributed by atoms with Crippen LogP contribution in [0.5, 0.6) is 5.75 Å². The monoisotopic (exact) mass is 302 g/mol. The lowest BCUT2D eigenvalue weighted by Crippen LogP contribution is -2.45. The number of rotatable bonds is 5. The van der Waals surface area contributed by atoms with Gasteiger partial charge < -0.3 is 10.1 Å². The minimum atomic E-state index is 0.293. The molecule has 4 heteroatoms. The third-order valence-electron chi connectivity index (χ3n) is 3.89. The Morgan fingerprint density at radius 3 is 2.76 bits per heavy atom. The van der Waals surface area contributed by atoms with Gasteiger partial charge >= 0.3 is 0 Å². The maximum atomic E-state index is 5.87. The van der Waals surface area contributed by atoms with E-state index < -0.39 is 0 Å². The molecule has 0 amide bonds. The van der Waals surface area contributed by atoms with Crippen molar-refractivity contribution in [1.82, 2.24) is 10.2 Å². The van der Waals surface area contributed by atoms with Gasteiger partial charge in [-0.1, -0.05) is 18.2 Å². The molecule has 1 aromatic heterocycles. The lowest BCUT2D eigenvalue weighted by Gasteiger charge is -2.35. The second-order valence-corrected chi connectivity index (χ2v) is 6.00. The summed E-state index contributed by atoms with van der Waals surface area (Å²) >= 11 is 1.76. The van der Waals surface area contributed by atoms with Crippen LogP contribution in [0.2, 0.25) is 0 Å². The Labute approximate surface area is 130 Å². The fraction of sp³-hybridized carbons (Fsp3) is 0.412. The molecule has 112 valence electrons. The number of benzene rings is 1. The van der Waals surface area contributed by atoms with Gasteiger partial charge in [0, 0.05) is 31.7 Å². The van der Waals surface area contributed by atoms with Crippen LogP contribution in [0, 0.1) is 0 Å². The molecule has 0 radical (unpaired) electrons. The van der Waals surface area contributed by atoms with Crippen molar-refractivity contribution in [2.45, 2.75) is 13.0 Å². The number of piperazine rings is 1. The molecular weight excluding hydrogens is 280 g/mol. The molecule has 0 bridgehead atoms. The number of thiophene rings is 1. The van der Waals surface area contributed by atoms with E-state index in [1.165, 1.54) is 11.1 Å². The van der Waals surface area contributed by atoms with E-state index in [4.69, 9.17) is 4.74 Å². The van der Waals surface area contributed by atoms with Gasteiger partial charge in [0.05, 0.1) is 12.6 Å². The Hall–Kier alpha value is -1.36. The predicted octanol–water partition coefficient (Wildman–Crippen LogP) is 3.14. The molecule has 1 fully saturated rings. The molecule has 1 N–H and O–H groups in total. The third kappa shape index (κ3) is 3.28. The number of hydrogen-bond donors (Lipinski definition) is 1. The standard InChI is InChI=1S/C17H22N2OS/c1-2-20-16-6-4-3-5-15(16)17(14-7-12-21-13-14)19-10-8-18-9-11-19/h3-7,12-13,17-18H,2,8-11H2,1H3. The van der Waals surface area contributed by atoms with E-state index in [1.54, 1.807) is 11.3 Å². The van der Waals surface area contributed by atoms with Crippen molar-refractivity contribution in [3.8, 4) is 5.75 Å². The SMILES string of the molecule is CCOc1ccccc1C(c1ccsc1)N1CCNCC1. The van der Waals surface area contributed by atoms with Crippen LogP contribution in [-0.4, -0.2) is 37.7 Å². The Kier molecular flexibility index (Phi) is 4.91. The van der Waals surface area contributed by atoms with Crippen LogP contribution >= 0.6 is 11.3 Å². The number of para-hydroxylation sites is 1. The van der Waals surface area contributed by atoms with Gasteiger partial charge in [-0.2, -0.15) is 11.3 Å². The van der Waals surface area contributed by atoms with Crippen LogP contribution in [0.25, 0.3) is 0 Å². The molecule has 2 heterocycles. The molecule has 1 unspecified atom stereocenters. The van der Waals surface area contributed by atoms with E-state index >= 15 is 0 Å². The summed E-state index contributed by atoms with van der Waals surface area (Å²) < 4.78 is 5.87. The Morgan fingerprint density at radius 2 is 2.05 bits per heavy atom. The molecule has 21 heavy (non-hydrogen) atoms. The molecule has 3 nitrogen and oxygen atoms in total. The molecule has 1 aliphatic heterocycles. The summed E-state index contributed by atoms with van der Waals surface area (Å²) in [5.41, 5.74) is 2.65. The zero-order chi connectivity index (χ0) is 14.5. The van der Waals surface area contributed by atoms with Crippen LogP contribution in [0.4, 0.5) is 0 Å². The van der Waals surface area contributed by atoms with Gasteiger partial charge in [0.15, 0.2) is 0 Å². The molecule has 2 aromatic rings. The van der Waals surface area contributed by atoms with Gasteiger partial charge in [-0.05, 0) is 35.4 Å². The Morgan fingerprint density at radius 1 is 1.24 bits per heavy atom. The molecular formula is C17H22N2OS. The van der Waals surface area contributed by atoms with E-state index in [1.807, 2.05) is 6.92 Å². The average Bonchev–Trinajstić information content (AvgIpc) is 3.05. The first-order valence-corrected chi connectivity index (χ1v) is 8.53. The zero-order valence-corrected chi connectivity index (χ0v) is 13.2. The van der Waals surface area contributed by atoms with E-state index in [0.29, 0.717) is 12.6 Å². The van der Waals surface area contributed by atoms with Gasteiger partial charge in [0.1, 0.15) is 5.75 Å². The molecule has 1 aliphatic rings. The lowest BCUT2D eigenvalue weighted by molar-refractivity contribution is 0.194. The van der Waals surface area contributed by atoms with E-state index in [0.717, 1.165) is 31.9 Å². The summed E-state index contributed by atoms with van der Waals surface area (Å²) in [6, 6.07) is 11.0. The highest BCUT2D eigenvalue weighted by molar-refractivity contribution is 7.08. The summed E-state index contributed by atoms with van der Waals surface area (Å²) in [6.07, 6.45) is 0. The van der Waals surface area contributed by atoms with Crippen molar-refractivity contribution in [3.05, 3.63) is 52.2 Å². The maximum absolute atomic E-state index is 5.87. The van der Waals surface area contributed by atoms with Crippen molar-refractivity contribution in [2.24, 2.45) is 0 Å². The molecule has 0 saturated carbocycles. The van der Waals surface area contributed by atoms with Gasteiger partial charge in [-0.25, -0.2) is 0 Å². The topological polar surface area (TPSA) is 24.5 Å². The number of nitrogens with zero attached hydrogens (tertiary/aromatic N) is 1. The third-order valence-corrected chi connectivity index (χ3v) is 4.59. The van der Waals surface area contributed by atoms with Crippen LogP contribution in [0.3, 0.4) is 0 Å². The van der Waals surface area contributed by atoms with Gasteiger partial charge in [0.25, 0.3) is 0 Å². The first-order valence-electron chi connectivity index (χ1n) is 7.58. The second kappa shape index (κ2) is 7.07. The highest BCUT2D eigenvalue weighted by atomic mass is 32.1. The highest BCUT2D eigenvalue weighted by Gasteiger charge is 2.26. The van der Waals surface area contributed by atoms with E-state index in [9.17, 15) is 0 Å². The lowest BCUT2D eigenvalue weighted by atomic mass is 9.98. The van der Waals surface area contributed by atoms with Crippen molar-refractivity contribution >= 4 is 11.3 Å². The predicted molar refractivity (Wildman–Crippen MR) is 88.2 cm³/mol. The molecule has 0 spiro atoms. The van der Waals surface area contributed by atoms with Gasteiger partial charge in [-0.3, -0.25) is 4.90 Å². The molecule has 3 rings (SSSR count). The maximum Gasteiger partial charge on any atom is 0.124 e. The summed E-state index contributed by atoms with van der Waals surface area (Å²) in [5, 5.41) is 7.86. The molecule has 1 atom stereocenters. The van der Waals surface area contributed by atoms with Crippen LogP contribution in [0.1, 0.15) is 24.1 Å². The largest absolute Gasteiger partial charge is 0.494 e. The molecule has 1 saturated heterocycles. The normalized spacial score (nSPS) is 17.6. The minimum absolute atomic E-state index is 0.293. The number of nitrogens with one attached hydrogen (secondary N) is 1. The summed E-state index contributed by atoms with van der Waals surface area (Å²) in [6.45, 7) is 6.99. The van der Waals surface area contributed by atoms with Crippen LogP contribution in [0.15, 0.2) is 41.1 Å². The fourth-order valence-electron chi connectivity index (χ4n) is 2.95. The molecule has 1 aromatic carbocycles. The van der Waals surface area contributed by atoms with Crippen molar-refractivity contribution < 1.29 is 4.74 Å². The minimum Gasteiger partial charge on any atom is -0.494 e. The van der Waals surface area contributed by atoms with E-state index in [2.05, 4.69) is 51.3 Å². The van der Waals surface area contributed by atoms with Crippen LogP contribution in [-0.2, 0) is 0 Å². The first kappa shape index (κ1) is 14.6. The van der Waals surface area contributed by atoms with Crippen molar-refractivity contribution in [2.75, 3.05) is 32.8 Å². The Bertz CT molecular complexity index is 550. The summed E-state index contributed by atoms with van der Waals surface area (Å²) in [5.74, 6) is 1.01. The quantitative estimate of drug-likeness (QED) is 0.918. The fourth-order valence-corrected chi connectivity index (χ4v) is 3.63. The zero-order valence-electron chi connectivity index (χ0n) is 12.4. The Balaban J connectivity index is 1.98. The number of hydrogen-bond acceptors (Lipinski definition) is 4. The number of ether oxygens (including phenoxy) is 1. The second-order valence-electron chi connectivity index (χ2n) is 5.22. The van der Waals surface area contributed by atoms with Crippen LogP contribution < -0.4 is 10.1 Å². The first-order chi connectivity index (χ1) is 10.4. The average molecular weight is 302 g/mol.